The molecular formula is C15H22O5Si. The van der Waals surface area contributed by atoms with Crippen molar-refractivity contribution < 1.29 is 24.5 Å². The topological polar surface area (TPSA) is 76.0 Å². The van der Waals surface area contributed by atoms with Gasteiger partial charge in [-0.05, 0) is 18.2 Å². The zero-order chi connectivity index (χ0) is 15.9. The Hall–Kier alpha value is -1.79. The molecule has 0 aromatic heterocycles. The lowest BCUT2D eigenvalue weighted by Crippen LogP contribution is -2.22. The van der Waals surface area contributed by atoms with Gasteiger partial charge in [0.1, 0.15) is 0 Å². The summed E-state index contributed by atoms with van der Waals surface area (Å²) in [6.07, 6.45) is 2.28. The molecule has 0 aliphatic heterocycles. The third-order valence-electron chi connectivity index (χ3n) is 2.73. The van der Waals surface area contributed by atoms with Crippen LogP contribution in [-0.4, -0.2) is 37.7 Å². The Balaban J connectivity index is 2.52. The highest BCUT2D eigenvalue weighted by atomic mass is 28.3. The highest BCUT2D eigenvalue weighted by Crippen LogP contribution is 2.30. The van der Waals surface area contributed by atoms with Gasteiger partial charge in [-0.3, -0.25) is 0 Å². The zero-order valence-electron chi connectivity index (χ0n) is 12.6. The number of carboxylic acid groups (broad SMARTS) is 1. The van der Waals surface area contributed by atoms with E-state index in [9.17, 15) is 9.90 Å². The van der Waals surface area contributed by atoms with E-state index in [0.29, 0.717) is 12.2 Å². The Kier molecular flexibility index (Phi) is 6.45. The van der Waals surface area contributed by atoms with Crippen molar-refractivity contribution in [1.82, 2.24) is 0 Å². The maximum absolute atomic E-state index is 10.5. The van der Waals surface area contributed by atoms with Crippen LogP contribution in [0, 0.1) is 0 Å². The Morgan fingerprint density at radius 2 is 2.05 bits per heavy atom. The summed E-state index contributed by atoms with van der Waals surface area (Å²) in [7, 11) is -1.12. The van der Waals surface area contributed by atoms with Gasteiger partial charge in [-0.1, -0.05) is 31.8 Å². The van der Waals surface area contributed by atoms with E-state index in [1.54, 1.807) is 18.2 Å². The molecule has 0 radical (unpaired) electrons. The number of phenols is 1. The number of carboxylic acids is 1. The second-order valence-electron chi connectivity index (χ2n) is 5.85. The molecule has 0 saturated heterocycles. The van der Waals surface area contributed by atoms with Crippen LogP contribution in [0.4, 0.5) is 0 Å². The van der Waals surface area contributed by atoms with Gasteiger partial charge in [0.15, 0.2) is 18.3 Å². The number of hydrogen-bond donors (Lipinski definition) is 2. The normalized spacial score (nSPS) is 11.8. The van der Waals surface area contributed by atoms with Crippen LogP contribution < -0.4 is 4.74 Å². The van der Waals surface area contributed by atoms with Crippen LogP contribution >= 0.6 is 0 Å². The number of benzene rings is 1. The Bertz CT molecular complexity index is 505. The monoisotopic (exact) mass is 310 g/mol. The van der Waals surface area contributed by atoms with Crippen molar-refractivity contribution in [3.63, 3.8) is 0 Å². The van der Waals surface area contributed by atoms with Gasteiger partial charge in [-0.2, -0.15) is 0 Å². The summed E-state index contributed by atoms with van der Waals surface area (Å²) >= 11 is 0. The van der Waals surface area contributed by atoms with E-state index in [-0.39, 0.29) is 18.3 Å². The minimum atomic E-state index is -1.12. The molecule has 21 heavy (non-hydrogen) atoms. The van der Waals surface area contributed by atoms with Crippen molar-refractivity contribution in [3.05, 3.63) is 29.8 Å². The van der Waals surface area contributed by atoms with Crippen molar-refractivity contribution in [3.8, 4) is 11.5 Å². The number of para-hydroxylation sites is 1. The van der Waals surface area contributed by atoms with E-state index in [1.807, 2.05) is 0 Å². The highest BCUT2D eigenvalue weighted by Gasteiger charge is 2.12. The van der Waals surface area contributed by atoms with Crippen LogP contribution in [0.15, 0.2) is 24.3 Å². The van der Waals surface area contributed by atoms with E-state index in [0.717, 1.165) is 12.1 Å². The predicted octanol–water partition coefficient (Wildman–Crippen LogP) is 3.18. The molecule has 2 N–H and O–H groups in total. The lowest BCUT2D eigenvalue weighted by atomic mass is 10.1. The molecule has 0 unspecified atom stereocenters. The summed E-state index contributed by atoms with van der Waals surface area (Å²) in [5.41, 5.74) is 0.386. The number of rotatable bonds is 8. The summed E-state index contributed by atoms with van der Waals surface area (Å²) in [6.45, 7) is 7.49. The molecular weight excluding hydrogens is 288 g/mol. The molecule has 0 bridgehead atoms. The summed E-state index contributed by atoms with van der Waals surface area (Å²) in [4.78, 5) is 10.5. The van der Waals surface area contributed by atoms with Crippen LogP contribution in [0.25, 0.3) is 6.08 Å². The van der Waals surface area contributed by atoms with Crippen LogP contribution in [0.1, 0.15) is 5.56 Å². The standard InChI is InChI=1S/C15H22O5Si/c1-21(2,3)10-9-19-11-20-13-6-4-5-12(15(13)18)7-8-14(16)17/h4-8,18H,9-11H2,1-3H3,(H,16,17). The third-order valence-corrected chi connectivity index (χ3v) is 4.43. The predicted molar refractivity (Wildman–Crippen MR) is 84.4 cm³/mol. The number of hydrogen-bond acceptors (Lipinski definition) is 4. The molecule has 0 amide bonds. The minimum absolute atomic E-state index is 0.0597. The first-order chi connectivity index (χ1) is 9.79. The third kappa shape index (κ3) is 6.96. The molecule has 5 nitrogen and oxygen atoms in total. The Labute approximate surface area is 125 Å². The number of ether oxygens (including phenoxy) is 2. The van der Waals surface area contributed by atoms with Gasteiger partial charge in [-0.25, -0.2) is 4.79 Å². The molecule has 6 heteroatoms. The molecule has 0 heterocycles. The first kappa shape index (κ1) is 17.3. The molecule has 0 spiro atoms. The zero-order valence-corrected chi connectivity index (χ0v) is 13.6. The van der Waals surface area contributed by atoms with E-state index in [4.69, 9.17) is 14.6 Å². The molecule has 1 rings (SSSR count). The van der Waals surface area contributed by atoms with Gasteiger partial charge in [0.25, 0.3) is 0 Å². The second kappa shape index (κ2) is 7.85. The van der Waals surface area contributed by atoms with Crippen LogP contribution in [0.2, 0.25) is 25.7 Å². The van der Waals surface area contributed by atoms with Crippen LogP contribution in [-0.2, 0) is 9.53 Å². The van der Waals surface area contributed by atoms with Crippen molar-refractivity contribution in [2.24, 2.45) is 0 Å². The summed E-state index contributed by atoms with van der Waals surface area (Å²) in [5, 5.41) is 18.6. The largest absolute Gasteiger partial charge is 0.504 e. The van der Waals surface area contributed by atoms with Crippen LogP contribution in [0.3, 0.4) is 0 Å². The van der Waals surface area contributed by atoms with Gasteiger partial charge in [-0.15, -0.1) is 0 Å². The van der Waals surface area contributed by atoms with Crippen molar-refractivity contribution in [1.29, 1.82) is 0 Å². The van der Waals surface area contributed by atoms with Crippen LogP contribution in [0.5, 0.6) is 11.5 Å². The first-order valence-corrected chi connectivity index (χ1v) is 10.4. The lowest BCUT2D eigenvalue weighted by Gasteiger charge is -2.15. The average molecular weight is 310 g/mol. The van der Waals surface area contributed by atoms with Crippen molar-refractivity contribution in [2.75, 3.05) is 13.4 Å². The molecule has 0 saturated carbocycles. The second-order valence-corrected chi connectivity index (χ2v) is 11.5. The quantitative estimate of drug-likeness (QED) is 0.334. The summed E-state index contributed by atoms with van der Waals surface area (Å²) < 4.78 is 10.8. The first-order valence-electron chi connectivity index (χ1n) is 6.73. The van der Waals surface area contributed by atoms with Crippen molar-refractivity contribution in [2.45, 2.75) is 25.7 Å². The fraction of sp³-hybridized carbons (Fsp3) is 0.400. The maximum atomic E-state index is 10.5. The number of carbonyl (C=O) groups is 1. The fourth-order valence-corrected chi connectivity index (χ4v) is 2.25. The Morgan fingerprint density at radius 1 is 1.33 bits per heavy atom. The molecule has 0 aliphatic rings. The Morgan fingerprint density at radius 3 is 2.67 bits per heavy atom. The fourth-order valence-electron chi connectivity index (χ4n) is 1.49. The van der Waals surface area contributed by atoms with Gasteiger partial charge in [0, 0.05) is 26.3 Å². The lowest BCUT2D eigenvalue weighted by molar-refractivity contribution is -0.131. The number of aliphatic carboxylic acids is 1. The van der Waals surface area contributed by atoms with Gasteiger partial charge in [0.05, 0.1) is 0 Å². The van der Waals surface area contributed by atoms with Gasteiger partial charge < -0.3 is 19.7 Å². The molecule has 0 aliphatic carbocycles. The van der Waals surface area contributed by atoms with Gasteiger partial charge in [0.2, 0.25) is 0 Å². The molecule has 1 aromatic carbocycles. The molecule has 0 fully saturated rings. The van der Waals surface area contributed by atoms with E-state index in [1.165, 1.54) is 6.08 Å². The highest BCUT2D eigenvalue weighted by molar-refractivity contribution is 6.76. The number of phenolic OH excluding ortho intramolecular Hbond substituents is 1. The minimum Gasteiger partial charge on any atom is -0.504 e. The van der Waals surface area contributed by atoms with E-state index in [2.05, 4.69) is 19.6 Å². The smallest absolute Gasteiger partial charge is 0.328 e. The van der Waals surface area contributed by atoms with E-state index >= 15 is 0 Å². The maximum Gasteiger partial charge on any atom is 0.328 e. The number of aromatic hydroxyl groups is 1. The summed E-state index contributed by atoms with van der Waals surface area (Å²) in [6, 6.07) is 5.94. The van der Waals surface area contributed by atoms with Crippen molar-refractivity contribution >= 4 is 20.1 Å². The van der Waals surface area contributed by atoms with Gasteiger partial charge >= 0.3 is 5.97 Å². The van der Waals surface area contributed by atoms with E-state index < -0.39 is 14.0 Å². The molecule has 1 aromatic rings. The molecule has 0 atom stereocenters. The SMILES string of the molecule is C[Si](C)(C)CCOCOc1cccc(C=CC(=O)O)c1O. The molecule has 116 valence electrons. The average Bonchev–Trinajstić information content (AvgIpc) is 2.37. The summed E-state index contributed by atoms with van der Waals surface area (Å²) in [5.74, 6) is -0.894.